The lowest BCUT2D eigenvalue weighted by Gasteiger charge is -2.48. The molecule has 1 aliphatic carbocycles. The van der Waals surface area contributed by atoms with Crippen molar-refractivity contribution < 1.29 is 23.7 Å². The third kappa shape index (κ3) is 4.19. The number of hydrogen-bond acceptors (Lipinski definition) is 6. The van der Waals surface area contributed by atoms with Crippen molar-refractivity contribution in [3.05, 3.63) is 17.8 Å². The number of aromatic amines is 1. The molecule has 170 valence electrons. The van der Waals surface area contributed by atoms with Crippen LogP contribution in [0.2, 0.25) is 0 Å². The highest BCUT2D eigenvalue weighted by atomic mass is 16.5. The first-order valence-corrected chi connectivity index (χ1v) is 11.0. The van der Waals surface area contributed by atoms with Gasteiger partial charge in [0.05, 0.1) is 40.1 Å². The molecule has 0 radical (unpaired) electrons. The zero-order valence-electron chi connectivity index (χ0n) is 18.7. The Kier molecular flexibility index (Phi) is 6.57. The number of ether oxygens (including phenoxy) is 4. The van der Waals surface area contributed by atoms with E-state index in [-0.39, 0.29) is 11.4 Å². The van der Waals surface area contributed by atoms with Crippen LogP contribution in [0.5, 0.6) is 17.2 Å². The second-order valence-electron chi connectivity index (χ2n) is 8.35. The van der Waals surface area contributed by atoms with Gasteiger partial charge < -0.3 is 29.2 Å². The third-order valence-corrected chi connectivity index (χ3v) is 6.73. The van der Waals surface area contributed by atoms with E-state index in [2.05, 4.69) is 15.2 Å². The number of carbonyl (C=O) groups is 1. The van der Waals surface area contributed by atoms with Crippen molar-refractivity contribution in [2.45, 2.75) is 37.6 Å². The molecular formula is C23H33N3O5. The number of morpholine rings is 1. The molecule has 0 bridgehead atoms. The predicted octanol–water partition coefficient (Wildman–Crippen LogP) is 2.96. The number of nitrogens with zero attached hydrogens (tertiary/aromatic N) is 1. The zero-order valence-corrected chi connectivity index (χ0v) is 18.7. The van der Waals surface area contributed by atoms with Gasteiger partial charge >= 0.3 is 0 Å². The Morgan fingerprint density at radius 2 is 1.77 bits per heavy atom. The first-order valence-electron chi connectivity index (χ1n) is 11.0. The average molecular weight is 432 g/mol. The molecule has 1 aromatic heterocycles. The Bertz CT molecular complexity index is 914. The van der Waals surface area contributed by atoms with E-state index < -0.39 is 0 Å². The van der Waals surface area contributed by atoms with Crippen LogP contribution in [-0.2, 0) is 4.74 Å². The van der Waals surface area contributed by atoms with E-state index in [9.17, 15) is 4.79 Å². The van der Waals surface area contributed by atoms with Crippen molar-refractivity contribution in [2.75, 3.05) is 54.2 Å². The summed E-state index contributed by atoms with van der Waals surface area (Å²) >= 11 is 0. The molecule has 0 atom stereocenters. The fourth-order valence-electron chi connectivity index (χ4n) is 5.05. The highest BCUT2D eigenvalue weighted by Crippen LogP contribution is 2.41. The van der Waals surface area contributed by atoms with Crippen molar-refractivity contribution in [3.8, 4) is 17.2 Å². The molecule has 31 heavy (non-hydrogen) atoms. The van der Waals surface area contributed by atoms with Crippen LogP contribution in [0.3, 0.4) is 0 Å². The van der Waals surface area contributed by atoms with Crippen LogP contribution in [-0.4, -0.2) is 75.5 Å². The fraction of sp³-hybridized carbons (Fsp3) is 0.609. The normalized spacial score (nSPS) is 19.2. The van der Waals surface area contributed by atoms with Gasteiger partial charge in [-0.1, -0.05) is 19.3 Å². The highest BCUT2D eigenvalue weighted by Gasteiger charge is 2.39. The Balaban J connectivity index is 1.57. The van der Waals surface area contributed by atoms with Gasteiger partial charge in [-0.2, -0.15) is 0 Å². The van der Waals surface area contributed by atoms with Crippen LogP contribution < -0.4 is 19.5 Å². The number of methoxy groups -OCH3 is 3. The lowest BCUT2D eigenvalue weighted by molar-refractivity contribution is -0.0361. The van der Waals surface area contributed by atoms with Gasteiger partial charge in [-0.15, -0.1) is 0 Å². The standard InChI is InChI=1S/C23H33N3O5/c1-28-18-14-19(29-2)21(30-3)20-16(18)13-17(25-20)22(27)24-15-23(7-5-4-6-8-23)26-9-11-31-12-10-26/h13-14,25H,4-12,15H2,1-3H3,(H,24,27). The maximum atomic E-state index is 13.1. The largest absolute Gasteiger partial charge is 0.496 e. The van der Waals surface area contributed by atoms with Crippen LogP contribution in [0.25, 0.3) is 10.9 Å². The van der Waals surface area contributed by atoms with E-state index in [0.717, 1.165) is 44.5 Å². The Morgan fingerprint density at radius 3 is 2.42 bits per heavy atom. The van der Waals surface area contributed by atoms with Gasteiger partial charge in [-0.05, 0) is 18.9 Å². The summed E-state index contributed by atoms with van der Waals surface area (Å²) in [6.45, 7) is 4.02. The van der Waals surface area contributed by atoms with Crippen LogP contribution in [0.15, 0.2) is 12.1 Å². The fourth-order valence-corrected chi connectivity index (χ4v) is 5.05. The molecule has 1 aliphatic heterocycles. The molecule has 2 N–H and O–H groups in total. The monoisotopic (exact) mass is 431 g/mol. The molecular weight excluding hydrogens is 398 g/mol. The molecule has 8 heteroatoms. The Hall–Kier alpha value is -2.45. The van der Waals surface area contributed by atoms with Crippen molar-refractivity contribution in [1.82, 2.24) is 15.2 Å². The highest BCUT2D eigenvalue weighted by molar-refractivity contribution is 6.02. The SMILES string of the molecule is COc1cc(OC)c2cc(C(=O)NCC3(N4CCOCC4)CCCCC3)[nH]c2c1OC. The molecule has 2 fully saturated rings. The third-order valence-electron chi connectivity index (χ3n) is 6.73. The van der Waals surface area contributed by atoms with Gasteiger partial charge in [0.2, 0.25) is 0 Å². The number of benzene rings is 1. The molecule has 0 spiro atoms. The summed E-state index contributed by atoms with van der Waals surface area (Å²) in [4.78, 5) is 18.9. The van der Waals surface area contributed by atoms with Gasteiger partial charge in [0.15, 0.2) is 11.5 Å². The number of hydrogen-bond donors (Lipinski definition) is 2. The molecule has 2 aliphatic rings. The van der Waals surface area contributed by atoms with E-state index in [0.29, 0.717) is 35.0 Å². The van der Waals surface area contributed by atoms with Crippen LogP contribution in [0.4, 0.5) is 0 Å². The summed E-state index contributed by atoms with van der Waals surface area (Å²) < 4.78 is 22.0. The number of H-pyrrole nitrogens is 1. The van der Waals surface area contributed by atoms with Gasteiger partial charge in [0.25, 0.3) is 5.91 Å². The summed E-state index contributed by atoms with van der Waals surface area (Å²) in [5.41, 5.74) is 1.18. The first kappa shape index (κ1) is 21.8. The van der Waals surface area contributed by atoms with E-state index >= 15 is 0 Å². The van der Waals surface area contributed by atoms with Crippen molar-refractivity contribution >= 4 is 16.8 Å². The zero-order chi connectivity index (χ0) is 21.8. The van der Waals surface area contributed by atoms with Crippen molar-refractivity contribution in [3.63, 3.8) is 0 Å². The lowest BCUT2D eigenvalue weighted by Crippen LogP contribution is -2.59. The minimum atomic E-state index is -0.127. The Labute approximate surface area is 183 Å². The molecule has 2 aromatic rings. The number of carbonyl (C=O) groups excluding carboxylic acids is 1. The minimum absolute atomic E-state index is 0.0162. The number of fused-ring (bicyclic) bond motifs is 1. The Morgan fingerprint density at radius 1 is 1.06 bits per heavy atom. The summed E-state index contributed by atoms with van der Waals surface area (Å²) in [5, 5.41) is 3.99. The molecule has 0 unspecified atom stereocenters. The topological polar surface area (TPSA) is 85.0 Å². The quantitative estimate of drug-likeness (QED) is 0.701. The number of amides is 1. The second kappa shape index (κ2) is 9.36. The van der Waals surface area contributed by atoms with Gasteiger partial charge in [-0.25, -0.2) is 0 Å². The molecule has 1 saturated heterocycles. The molecule has 1 saturated carbocycles. The predicted molar refractivity (Wildman–Crippen MR) is 118 cm³/mol. The van der Waals surface area contributed by atoms with E-state index in [1.54, 1.807) is 27.4 Å². The van der Waals surface area contributed by atoms with E-state index in [1.165, 1.54) is 19.3 Å². The van der Waals surface area contributed by atoms with E-state index in [1.807, 2.05) is 6.07 Å². The summed E-state index contributed by atoms with van der Waals surface area (Å²) in [6.07, 6.45) is 5.89. The lowest BCUT2D eigenvalue weighted by atomic mass is 9.79. The number of rotatable bonds is 7. The number of nitrogens with one attached hydrogen (secondary N) is 2. The van der Waals surface area contributed by atoms with E-state index in [4.69, 9.17) is 18.9 Å². The number of aromatic nitrogens is 1. The molecule has 1 amide bonds. The first-order chi connectivity index (χ1) is 15.1. The van der Waals surface area contributed by atoms with Gasteiger partial charge in [0, 0.05) is 36.6 Å². The van der Waals surface area contributed by atoms with Crippen molar-refractivity contribution in [2.24, 2.45) is 0 Å². The molecule has 1 aromatic carbocycles. The van der Waals surface area contributed by atoms with Crippen LogP contribution in [0.1, 0.15) is 42.6 Å². The summed E-state index contributed by atoms with van der Waals surface area (Å²) in [5.74, 6) is 1.60. The van der Waals surface area contributed by atoms with Crippen molar-refractivity contribution in [1.29, 1.82) is 0 Å². The second-order valence-corrected chi connectivity index (χ2v) is 8.35. The smallest absolute Gasteiger partial charge is 0.267 e. The van der Waals surface area contributed by atoms with Gasteiger partial charge in [-0.3, -0.25) is 9.69 Å². The summed E-state index contributed by atoms with van der Waals surface area (Å²) in [6, 6.07) is 3.58. The van der Waals surface area contributed by atoms with Gasteiger partial charge in [0.1, 0.15) is 11.4 Å². The van der Waals surface area contributed by atoms with Crippen LogP contribution >= 0.6 is 0 Å². The maximum absolute atomic E-state index is 13.1. The molecule has 4 rings (SSSR count). The summed E-state index contributed by atoms with van der Waals surface area (Å²) in [7, 11) is 4.76. The van der Waals surface area contributed by atoms with Crippen LogP contribution in [0, 0.1) is 0 Å². The maximum Gasteiger partial charge on any atom is 0.267 e. The molecule has 8 nitrogen and oxygen atoms in total. The average Bonchev–Trinajstić information content (AvgIpc) is 3.28. The minimum Gasteiger partial charge on any atom is -0.496 e. The molecule has 2 heterocycles.